The van der Waals surface area contributed by atoms with Crippen molar-refractivity contribution in [2.75, 3.05) is 32.8 Å². The monoisotopic (exact) mass is 320 g/mol. The molecule has 0 bridgehead atoms. The number of hydrogen-bond acceptors (Lipinski definition) is 4. The molecule has 2 fully saturated rings. The number of aliphatic hydroxyl groups is 1. The van der Waals surface area contributed by atoms with Crippen molar-refractivity contribution in [1.29, 1.82) is 0 Å². The molecule has 0 aliphatic carbocycles. The lowest BCUT2D eigenvalue weighted by Gasteiger charge is -2.48. The fourth-order valence-electron chi connectivity index (χ4n) is 4.15. The highest BCUT2D eigenvalue weighted by atomic mass is 16.3. The van der Waals surface area contributed by atoms with E-state index in [0.717, 1.165) is 32.6 Å². The summed E-state index contributed by atoms with van der Waals surface area (Å²) in [5.41, 5.74) is 2.73. The van der Waals surface area contributed by atoms with Gasteiger partial charge in [-0.3, -0.25) is 14.4 Å². The summed E-state index contributed by atoms with van der Waals surface area (Å²) in [6.45, 7) is 6.54. The van der Waals surface area contributed by atoms with Gasteiger partial charge in [-0.1, -0.05) is 0 Å². The van der Waals surface area contributed by atoms with Crippen LogP contribution in [0.15, 0.2) is 6.20 Å². The molecule has 2 aliphatic heterocycles. The van der Waals surface area contributed by atoms with E-state index >= 15 is 0 Å². The van der Waals surface area contributed by atoms with Crippen LogP contribution in [-0.2, 0) is 18.4 Å². The van der Waals surface area contributed by atoms with Gasteiger partial charge in [0.2, 0.25) is 5.91 Å². The Morgan fingerprint density at radius 2 is 2.17 bits per heavy atom. The van der Waals surface area contributed by atoms with Crippen LogP contribution < -0.4 is 0 Å². The highest BCUT2D eigenvalue weighted by Crippen LogP contribution is 2.39. The molecule has 1 aromatic rings. The Bertz CT molecular complexity index is 571. The van der Waals surface area contributed by atoms with Crippen LogP contribution in [0.5, 0.6) is 0 Å². The zero-order chi connectivity index (χ0) is 16.4. The molecule has 128 valence electrons. The first-order valence-electron chi connectivity index (χ1n) is 8.61. The smallest absolute Gasteiger partial charge is 0.222 e. The van der Waals surface area contributed by atoms with Crippen LogP contribution in [0.3, 0.4) is 0 Å². The van der Waals surface area contributed by atoms with Crippen molar-refractivity contribution in [2.24, 2.45) is 12.5 Å². The number of β-amino-alcohol motifs (C(OH)–C–C–N with tert-alkyl or cyclic N) is 1. The molecule has 0 saturated carbocycles. The number of aliphatic hydroxyl groups excluding tert-OH is 1. The second-order valence-electron chi connectivity index (χ2n) is 7.23. The van der Waals surface area contributed by atoms with Gasteiger partial charge in [-0.15, -0.1) is 0 Å². The number of hydrogen-bond donors (Lipinski definition) is 1. The van der Waals surface area contributed by atoms with Crippen LogP contribution in [0, 0.1) is 12.3 Å². The minimum atomic E-state index is 0.0560. The van der Waals surface area contributed by atoms with E-state index < -0.39 is 0 Å². The van der Waals surface area contributed by atoms with E-state index in [2.05, 4.69) is 16.9 Å². The van der Waals surface area contributed by atoms with E-state index in [-0.39, 0.29) is 17.9 Å². The van der Waals surface area contributed by atoms with Gasteiger partial charge in [0.1, 0.15) is 0 Å². The molecule has 1 aromatic heterocycles. The Morgan fingerprint density at radius 1 is 1.35 bits per heavy atom. The molecule has 1 amide bonds. The van der Waals surface area contributed by atoms with Gasteiger partial charge in [0.15, 0.2) is 0 Å². The minimum absolute atomic E-state index is 0.0560. The van der Waals surface area contributed by atoms with Gasteiger partial charge in [-0.25, -0.2) is 0 Å². The Kier molecular flexibility index (Phi) is 4.73. The number of carbonyl (C=O) groups is 1. The first kappa shape index (κ1) is 16.5. The maximum atomic E-state index is 12.0. The van der Waals surface area contributed by atoms with E-state index in [1.807, 2.05) is 22.8 Å². The molecule has 1 spiro atoms. The van der Waals surface area contributed by atoms with Crippen molar-refractivity contribution >= 4 is 5.91 Å². The maximum absolute atomic E-state index is 12.0. The van der Waals surface area contributed by atoms with E-state index in [9.17, 15) is 9.90 Å². The molecule has 6 nitrogen and oxygen atoms in total. The number of piperidine rings is 2. The zero-order valence-corrected chi connectivity index (χ0v) is 14.3. The number of likely N-dealkylation sites (tertiary alicyclic amines) is 2. The van der Waals surface area contributed by atoms with E-state index in [1.165, 1.54) is 24.1 Å². The van der Waals surface area contributed by atoms with Gasteiger partial charge in [0, 0.05) is 56.3 Å². The predicted octanol–water partition coefficient (Wildman–Crippen LogP) is 0.925. The molecule has 1 atom stereocenters. The number of aryl methyl sites for hydroxylation is 1. The fourth-order valence-corrected chi connectivity index (χ4v) is 4.15. The summed E-state index contributed by atoms with van der Waals surface area (Å²) in [5, 5.41) is 13.5. The van der Waals surface area contributed by atoms with Crippen LogP contribution in [0.4, 0.5) is 0 Å². The summed E-state index contributed by atoms with van der Waals surface area (Å²) < 4.78 is 1.93. The highest BCUT2D eigenvalue weighted by molar-refractivity contribution is 5.77. The Balaban J connectivity index is 1.67. The molecule has 0 radical (unpaired) electrons. The molecule has 0 unspecified atom stereocenters. The molecule has 2 saturated heterocycles. The summed E-state index contributed by atoms with van der Waals surface area (Å²) in [5.74, 6) is 0.199. The van der Waals surface area contributed by atoms with Crippen molar-refractivity contribution in [1.82, 2.24) is 19.6 Å². The van der Waals surface area contributed by atoms with Crippen LogP contribution >= 0.6 is 0 Å². The van der Waals surface area contributed by atoms with E-state index in [4.69, 9.17) is 0 Å². The van der Waals surface area contributed by atoms with Gasteiger partial charge >= 0.3 is 0 Å². The molecule has 6 heteroatoms. The summed E-state index contributed by atoms with van der Waals surface area (Å²) in [6.07, 6.45) is 5.94. The van der Waals surface area contributed by atoms with E-state index in [1.54, 1.807) is 0 Å². The third-order valence-corrected chi connectivity index (χ3v) is 5.59. The van der Waals surface area contributed by atoms with Crippen molar-refractivity contribution in [3.8, 4) is 0 Å². The van der Waals surface area contributed by atoms with Crippen LogP contribution in [0.1, 0.15) is 36.9 Å². The maximum Gasteiger partial charge on any atom is 0.222 e. The number of rotatable bonds is 4. The lowest BCUT2D eigenvalue weighted by atomic mass is 9.73. The molecule has 0 aromatic carbocycles. The Morgan fingerprint density at radius 3 is 2.87 bits per heavy atom. The first-order valence-corrected chi connectivity index (χ1v) is 8.61. The summed E-state index contributed by atoms with van der Waals surface area (Å²) in [6, 6.07) is 0. The van der Waals surface area contributed by atoms with Crippen molar-refractivity contribution in [3.05, 3.63) is 17.5 Å². The third-order valence-electron chi connectivity index (χ3n) is 5.59. The van der Waals surface area contributed by atoms with Crippen molar-refractivity contribution in [2.45, 2.75) is 39.2 Å². The van der Waals surface area contributed by atoms with Crippen LogP contribution in [0.25, 0.3) is 0 Å². The van der Waals surface area contributed by atoms with Gasteiger partial charge in [-0.05, 0) is 32.7 Å². The lowest BCUT2D eigenvalue weighted by molar-refractivity contribution is -0.140. The standard InChI is InChI=1S/C17H28N4O2/c1-14-15(10-18-19(14)2)11-20-7-3-5-17(12-20)6-4-16(23)21(13-17)8-9-22/h10,22H,3-9,11-13H2,1-2H3/t17-/m1/s1. The Hall–Kier alpha value is -1.40. The Labute approximate surface area is 138 Å². The highest BCUT2D eigenvalue weighted by Gasteiger charge is 2.41. The molecule has 3 rings (SSSR count). The van der Waals surface area contributed by atoms with Crippen LogP contribution in [0.2, 0.25) is 0 Å². The fraction of sp³-hybridized carbons (Fsp3) is 0.765. The second-order valence-corrected chi connectivity index (χ2v) is 7.23. The zero-order valence-electron chi connectivity index (χ0n) is 14.3. The molecule has 3 heterocycles. The summed E-state index contributed by atoms with van der Waals surface area (Å²) in [7, 11) is 1.98. The largest absolute Gasteiger partial charge is 0.395 e. The molecule has 1 N–H and O–H groups in total. The van der Waals surface area contributed by atoms with Crippen molar-refractivity contribution < 1.29 is 9.90 Å². The normalized spacial score (nSPS) is 26.2. The van der Waals surface area contributed by atoms with Crippen molar-refractivity contribution in [3.63, 3.8) is 0 Å². The average Bonchev–Trinajstić information content (AvgIpc) is 2.84. The average molecular weight is 320 g/mol. The topological polar surface area (TPSA) is 61.6 Å². The number of amides is 1. The van der Waals surface area contributed by atoms with Gasteiger partial charge in [-0.2, -0.15) is 5.10 Å². The summed E-state index contributed by atoms with van der Waals surface area (Å²) >= 11 is 0. The lowest BCUT2D eigenvalue weighted by Crippen LogP contribution is -2.54. The number of nitrogens with zero attached hydrogens (tertiary/aromatic N) is 4. The van der Waals surface area contributed by atoms with Gasteiger partial charge in [0.25, 0.3) is 0 Å². The second kappa shape index (κ2) is 6.61. The van der Waals surface area contributed by atoms with Gasteiger partial charge < -0.3 is 10.0 Å². The number of carbonyl (C=O) groups excluding carboxylic acids is 1. The summed E-state index contributed by atoms with van der Waals surface area (Å²) in [4.78, 5) is 16.4. The molecular weight excluding hydrogens is 292 g/mol. The third kappa shape index (κ3) is 3.43. The first-order chi connectivity index (χ1) is 11.0. The molecular formula is C17H28N4O2. The minimum Gasteiger partial charge on any atom is -0.395 e. The van der Waals surface area contributed by atoms with Crippen LogP contribution in [-0.4, -0.2) is 63.4 Å². The SMILES string of the molecule is Cc1c(CN2CCC[C@@]3(CCC(=O)N(CCO)C3)C2)cnn1C. The predicted molar refractivity (Wildman–Crippen MR) is 87.8 cm³/mol. The van der Waals surface area contributed by atoms with E-state index in [0.29, 0.717) is 13.0 Å². The molecule has 2 aliphatic rings. The number of aromatic nitrogens is 2. The quantitative estimate of drug-likeness (QED) is 0.896. The molecule has 23 heavy (non-hydrogen) atoms. The van der Waals surface area contributed by atoms with Gasteiger partial charge in [0.05, 0.1) is 12.8 Å².